The van der Waals surface area contributed by atoms with Crippen LogP contribution in [0.4, 0.5) is 10.1 Å². The Hall–Kier alpha value is -3.73. The second-order valence-electron chi connectivity index (χ2n) is 7.32. The van der Waals surface area contributed by atoms with E-state index >= 15 is 0 Å². The molecule has 158 valence electrons. The predicted molar refractivity (Wildman–Crippen MR) is 121 cm³/mol. The highest BCUT2D eigenvalue weighted by molar-refractivity contribution is 6.06. The van der Waals surface area contributed by atoms with Crippen LogP contribution in [0, 0.1) is 12.7 Å². The Morgan fingerprint density at radius 1 is 1.00 bits per heavy atom. The number of halogens is 1. The highest BCUT2D eigenvalue weighted by Crippen LogP contribution is 2.22. The van der Waals surface area contributed by atoms with E-state index in [-0.39, 0.29) is 30.6 Å². The molecule has 2 amide bonds. The van der Waals surface area contributed by atoms with Crippen LogP contribution in [-0.2, 0) is 17.8 Å². The van der Waals surface area contributed by atoms with E-state index in [1.54, 1.807) is 35.2 Å². The molecule has 1 N–H and O–H groups in total. The Balaban J connectivity index is 1.91. The summed E-state index contributed by atoms with van der Waals surface area (Å²) in [5.41, 5.74) is 3.88. The maximum absolute atomic E-state index is 13.4. The fourth-order valence-electron chi connectivity index (χ4n) is 3.17. The Morgan fingerprint density at radius 3 is 2.39 bits per heavy atom. The summed E-state index contributed by atoms with van der Waals surface area (Å²) in [6, 6.07) is 20.8. The molecule has 0 unspecified atom stereocenters. The van der Waals surface area contributed by atoms with Crippen LogP contribution >= 0.6 is 0 Å². The first-order valence-electron chi connectivity index (χ1n) is 10.1. The van der Waals surface area contributed by atoms with Gasteiger partial charge in [0.1, 0.15) is 5.82 Å². The summed E-state index contributed by atoms with van der Waals surface area (Å²) in [4.78, 5) is 27.1. The second-order valence-corrected chi connectivity index (χ2v) is 7.32. The topological polar surface area (TPSA) is 49.4 Å². The zero-order valence-corrected chi connectivity index (χ0v) is 17.5. The van der Waals surface area contributed by atoms with E-state index < -0.39 is 0 Å². The second kappa shape index (κ2) is 10.3. The Labute approximate surface area is 182 Å². The molecular weight excluding hydrogens is 391 g/mol. The van der Waals surface area contributed by atoms with Gasteiger partial charge in [-0.3, -0.25) is 9.59 Å². The van der Waals surface area contributed by atoms with Gasteiger partial charge in [0.25, 0.3) is 5.91 Å². The lowest BCUT2D eigenvalue weighted by Crippen LogP contribution is -2.30. The van der Waals surface area contributed by atoms with Crippen LogP contribution in [0.3, 0.4) is 0 Å². The van der Waals surface area contributed by atoms with Crippen LogP contribution in [0.5, 0.6) is 0 Å². The highest BCUT2D eigenvalue weighted by atomic mass is 19.1. The van der Waals surface area contributed by atoms with E-state index in [1.807, 2.05) is 43.3 Å². The summed E-state index contributed by atoms with van der Waals surface area (Å²) >= 11 is 0. The SMILES string of the molecule is C=CCNC(=O)Cc1cccc(N(Cc2ccc(F)cc2)C(=O)c2ccc(C)cc2)c1. The molecule has 4 nitrogen and oxygen atoms in total. The highest BCUT2D eigenvalue weighted by Gasteiger charge is 2.19. The molecule has 3 aromatic carbocycles. The van der Waals surface area contributed by atoms with Gasteiger partial charge in [0, 0.05) is 17.8 Å². The molecule has 0 aliphatic carbocycles. The maximum atomic E-state index is 13.4. The molecule has 0 radical (unpaired) electrons. The molecule has 3 rings (SSSR count). The van der Waals surface area contributed by atoms with Gasteiger partial charge in [0.15, 0.2) is 0 Å². The number of carbonyl (C=O) groups excluding carboxylic acids is 2. The van der Waals surface area contributed by atoms with Crippen molar-refractivity contribution in [3.05, 3.63) is 114 Å². The lowest BCUT2D eigenvalue weighted by atomic mass is 10.1. The Morgan fingerprint density at radius 2 is 1.71 bits per heavy atom. The number of carbonyl (C=O) groups is 2. The summed E-state index contributed by atoms with van der Waals surface area (Å²) in [5.74, 6) is -0.614. The van der Waals surface area contributed by atoms with Crippen LogP contribution in [0.2, 0.25) is 0 Å². The summed E-state index contributed by atoms with van der Waals surface area (Å²) in [6.07, 6.45) is 1.82. The molecule has 0 spiro atoms. The number of anilines is 1. The Kier molecular flexibility index (Phi) is 7.33. The third-order valence-corrected chi connectivity index (χ3v) is 4.83. The van der Waals surface area contributed by atoms with Crippen molar-refractivity contribution in [2.75, 3.05) is 11.4 Å². The largest absolute Gasteiger partial charge is 0.352 e. The van der Waals surface area contributed by atoms with Gasteiger partial charge in [-0.15, -0.1) is 6.58 Å². The average Bonchev–Trinajstić information content (AvgIpc) is 2.77. The van der Waals surface area contributed by atoms with E-state index in [2.05, 4.69) is 11.9 Å². The van der Waals surface area contributed by atoms with E-state index in [0.717, 1.165) is 16.7 Å². The van der Waals surface area contributed by atoms with Crippen LogP contribution < -0.4 is 10.2 Å². The van der Waals surface area contributed by atoms with Gasteiger partial charge in [-0.05, 0) is 54.4 Å². The minimum absolute atomic E-state index is 0.119. The third-order valence-electron chi connectivity index (χ3n) is 4.83. The summed E-state index contributed by atoms with van der Waals surface area (Å²) in [5, 5.41) is 2.76. The van der Waals surface area contributed by atoms with Gasteiger partial charge in [0.05, 0.1) is 13.0 Å². The maximum Gasteiger partial charge on any atom is 0.258 e. The fraction of sp³-hybridized carbons (Fsp3) is 0.154. The molecule has 0 fully saturated rings. The molecular formula is C26H25FN2O2. The quantitative estimate of drug-likeness (QED) is 0.535. The standard InChI is InChI=1S/C26H25FN2O2/c1-3-15-28-25(30)17-21-5-4-6-24(16-21)29(18-20-9-13-23(27)14-10-20)26(31)22-11-7-19(2)8-12-22/h3-14,16H,1,15,17-18H2,2H3,(H,28,30). The minimum atomic E-state index is -0.326. The number of rotatable bonds is 8. The molecule has 3 aromatic rings. The molecule has 5 heteroatoms. The van der Waals surface area contributed by atoms with Crippen LogP contribution in [-0.4, -0.2) is 18.4 Å². The van der Waals surface area contributed by atoms with Gasteiger partial charge in [-0.25, -0.2) is 4.39 Å². The number of nitrogens with zero attached hydrogens (tertiary/aromatic N) is 1. The number of aryl methyl sites for hydroxylation is 1. The number of amides is 2. The normalized spacial score (nSPS) is 10.4. The van der Waals surface area contributed by atoms with Crippen molar-refractivity contribution in [2.24, 2.45) is 0 Å². The number of nitrogens with one attached hydrogen (secondary N) is 1. The molecule has 0 aromatic heterocycles. The summed E-state index contributed by atoms with van der Waals surface area (Å²) in [6.45, 7) is 6.24. The van der Waals surface area contributed by atoms with Gasteiger partial charge in [-0.1, -0.05) is 48.0 Å². The summed E-state index contributed by atoms with van der Waals surface area (Å²) < 4.78 is 13.3. The number of hydrogen-bond acceptors (Lipinski definition) is 2. The van der Waals surface area contributed by atoms with Crippen molar-refractivity contribution in [3.8, 4) is 0 Å². The average molecular weight is 416 g/mol. The van der Waals surface area contributed by atoms with Crippen LogP contribution in [0.1, 0.15) is 27.0 Å². The first-order chi connectivity index (χ1) is 15.0. The van der Waals surface area contributed by atoms with E-state index in [9.17, 15) is 14.0 Å². The smallest absolute Gasteiger partial charge is 0.258 e. The van der Waals surface area contributed by atoms with Crippen molar-refractivity contribution in [2.45, 2.75) is 19.9 Å². The first-order valence-corrected chi connectivity index (χ1v) is 10.1. The molecule has 31 heavy (non-hydrogen) atoms. The summed E-state index contributed by atoms with van der Waals surface area (Å²) in [7, 11) is 0. The van der Waals surface area contributed by atoms with Crippen molar-refractivity contribution >= 4 is 17.5 Å². The lowest BCUT2D eigenvalue weighted by molar-refractivity contribution is -0.120. The molecule has 0 saturated heterocycles. The predicted octanol–water partition coefficient (Wildman–Crippen LogP) is 4.83. The lowest BCUT2D eigenvalue weighted by Gasteiger charge is -2.24. The molecule has 0 bridgehead atoms. The molecule has 0 saturated carbocycles. The Bertz CT molecular complexity index is 1060. The van der Waals surface area contributed by atoms with Crippen LogP contribution in [0.25, 0.3) is 0 Å². The first kappa shape index (κ1) is 22.0. The van der Waals surface area contributed by atoms with Crippen molar-refractivity contribution in [3.63, 3.8) is 0 Å². The van der Waals surface area contributed by atoms with Crippen molar-refractivity contribution in [1.29, 1.82) is 0 Å². The van der Waals surface area contributed by atoms with Gasteiger partial charge in [-0.2, -0.15) is 0 Å². The van der Waals surface area contributed by atoms with Gasteiger partial charge >= 0.3 is 0 Å². The minimum Gasteiger partial charge on any atom is -0.352 e. The van der Waals surface area contributed by atoms with Gasteiger partial charge < -0.3 is 10.2 Å². The zero-order chi connectivity index (χ0) is 22.2. The monoisotopic (exact) mass is 416 g/mol. The van der Waals surface area contributed by atoms with Crippen molar-refractivity contribution < 1.29 is 14.0 Å². The van der Waals surface area contributed by atoms with E-state index in [1.165, 1.54) is 12.1 Å². The fourth-order valence-corrected chi connectivity index (χ4v) is 3.17. The number of benzene rings is 3. The van der Waals surface area contributed by atoms with Gasteiger partial charge in [0.2, 0.25) is 5.91 Å². The molecule has 0 aliphatic heterocycles. The zero-order valence-electron chi connectivity index (χ0n) is 17.5. The molecule has 0 atom stereocenters. The van der Waals surface area contributed by atoms with Crippen molar-refractivity contribution in [1.82, 2.24) is 5.32 Å². The van der Waals surface area contributed by atoms with E-state index in [0.29, 0.717) is 17.8 Å². The molecule has 0 heterocycles. The number of hydrogen-bond donors (Lipinski definition) is 1. The third kappa shape index (κ3) is 6.12. The van der Waals surface area contributed by atoms with E-state index in [4.69, 9.17) is 0 Å². The molecule has 0 aliphatic rings. The van der Waals surface area contributed by atoms with Crippen LogP contribution in [0.15, 0.2) is 85.5 Å².